The van der Waals surface area contributed by atoms with E-state index in [1.807, 2.05) is 65.5 Å². The summed E-state index contributed by atoms with van der Waals surface area (Å²) in [4.78, 5) is 15.5. The summed E-state index contributed by atoms with van der Waals surface area (Å²) in [5.41, 5.74) is 4.32. The van der Waals surface area contributed by atoms with Crippen molar-refractivity contribution >= 4 is 6.03 Å². The molecule has 0 saturated carbocycles. The van der Waals surface area contributed by atoms with Crippen LogP contribution in [0.5, 0.6) is 0 Å². The van der Waals surface area contributed by atoms with Crippen molar-refractivity contribution in [2.24, 2.45) is 0 Å². The summed E-state index contributed by atoms with van der Waals surface area (Å²) in [6.45, 7) is 2.61. The largest absolute Gasteiger partial charge is 0.467 e. The van der Waals surface area contributed by atoms with Crippen LogP contribution in [0, 0.1) is 5.82 Å². The van der Waals surface area contributed by atoms with Gasteiger partial charge in [-0.3, -0.25) is 0 Å². The van der Waals surface area contributed by atoms with Gasteiger partial charge in [-0.2, -0.15) is 5.10 Å². The van der Waals surface area contributed by atoms with E-state index in [0.29, 0.717) is 24.3 Å². The van der Waals surface area contributed by atoms with Crippen LogP contribution >= 0.6 is 0 Å². The number of hydrogen-bond donors (Lipinski definition) is 1. The Morgan fingerprint density at radius 3 is 2.70 bits per heavy atom. The number of nitrogens with one attached hydrogen (secondary N) is 1. The highest BCUT2D eigenvalue weighted by Gasteiger charge is 2.36. The molecular weight excluding hydrogens is 469 g/mol. The third-order valence-corrected chi connectivity index (χ3v) is 6.72. The zero-order valence-electron chi connectivity index (χ0n) is 20.3. The van der Waals surface area contributed by atoms with Crippen molar-refractivity contribution in [2.45, 2.75) is 32.5 Å². The second kappa shape index (κ2) is 9.46. The molecule has 1 aliphatic rings. The van der Waals surface area contributed by atoms with Crippen LogP contribution in [0.3, 0.4) is 0 Å². The van der Waals surface area contributed by atoms with Crippen molar-refractivity contribution in [1.82, 2.24) is 24.6 Å². The number of benzene rings is 2. The number of hydrogen-bond acceptors (Lipinski definition) is 3. The van der Waals surface area contributed by atoms with Crippen LogP contribution in [-0.4, -0.2) is 25.3 Å². The smallest absolute Gasteiger partial charge is 0.318 e. The van der Waals surface area contributed by atoms with Gasteiger partial charge in [0.05, 0.1) is 42.5 Å². The first-order chi connectivity index (χ1) is 18.1. The average Bonchev–Trinajstić information content (AvgIpc) is 3.66. The molecule has 1 N–H and O–H groups in total. The van der Waals surface area contributed by atoms with Crippen molar-refractivity contribution in [2.75, 3.05) is 0 Å². The van der Waals surface area contributed by atoms with Gasteiger partial charge >= 0.3 is 6.03 Å². The van der Waals surface area contributed by atoms with Gasteiger partial charge in [-0.05, 0) is 60.5 Å². The number of carbonyl (C=O) groups is 1. The molecule has 0 aliphatic carbocycles. The van der Waals surface area contributed by atoms with Gasteiger partial charge in [0, 0.05) is 11.8 Å². The van der Waals surface area contributed by atoms with E-state index in [4.69, 9.17) is 9.52 Å². The maximum Gasteiger partial charge on any atom is 0.318 e. The molecule has 8 heteroatoms. The Morgan fingerprint density at radius 1 is 1.08 bits per heavy atom. The lowest BCUT2D eigenvalue weighted by molar-refractivity contribution is 0.179. The number of halogens is 1. The first-order valence-electron chi connectivity index (χ1n) is 12.3. The van der Waals surface area contributed by atoms with Gasteiger partial charge < -0.3 is 19.2 Å². The topological polar surface area (TPSA) is 68.2 Å². The highest BCUT2D eigenvalue weighted by Crippen LogP contribution is 2.38. The lowest BCUT2D eigenvalue weighted by Gasteiger charge is -2.31. The fourth-order valence-corrected chi connectivity index (χ4v) is 5.05. The normalized spacial score (nSPS) is 14.6. The van der Waals surface area contributed by atoms with Gasteiger partial charge in [-0.1, -0.05) is 37.3 Å². The minimum Gasteiger partial charge on any atom is -0.467 e. The molecule has 0 spiro atoms. The molecule has 1 atom stereocenters. The fourth-order valence-electron chi connectivity index (χ4n) is 5.05. The lowest BCUT2D eigenvalue weighted by Crippen LogP contribution is -2.41. The van der Waals surface area contributed by atoms with Crippen LogP contribution in [-0.2, 0) is 19.5 Å². The number of rotatable bonds is 5. The summed E-state index contributed by atoms with van der Waals surface area (Å²) in [6.07, 6.45) is 4.25. The van der Waals surface area contributed by atoms with Crippen molar-refractivity contribution < 1.29 is 13.6 Å². The molecule has 3 aromatic heterocycles. The quantitative estimate of drug-likeness (QED) is 0.337. The predicted octanol–water partition coefficient (Wildman–Crippen LogP) is 5.77. The minimum atomic E-state index is -0.524. The fraction of sp³-hybridized carbons (Fsp3) is 0.172. The molecular formula is C29H26FN5O2. The molecule has 7 nitrogen and oxygen atoms in total. The SMILES string of the molecule is CCc1nn(-c2ccccc2)c2c1CN(C(=O)NCc1ccco1)[C@H](c1cccc(F)c1)c1cccn1-2. The predicted molar refractivity (Wildman–Crippen MR) is 137 cm³/mol. The van der Waals surface area contributed by atoms with Gasteiger partial charge in [0.1, 0.15) is 17.4 Å². The van der Waals surface area contributed by atoms with Gasteiger partial charge in [-0.15, -0.1) is 0 Å². The first kappa shape index (κ1) is 22.8. The summed E-state index contributed by atoms with van der Waals surface area (Å²) in [6, 6.07) is 23.1. The first-order valence-corrected chi connectivity index (χ1v) is 12.3. The van der Waals surface area contributed by atoms with Gasteiger partial charge in [0.2, 0.25) is 0 Å². The Kier molecular flexibility index (Phi) is 5.84. The van der Waals surface area contributed by atoms with Crippen molar-refractivity contribution in [3.05, 3.63) is 125 Å². The second-order valence-corrected chi connectivity index (χ2v) is 8.98. The van der Waals surface area contributed by atoms with E-state index in [0.717, 1.165) is 28.5 Å². The Labute approximate surface area is 213 Å². The monoisotopic (exact) mass is 495 g/mol. The third-order valence-electron chi connectivity index (χ3n) is 6.72. The maximum atomic E-state index is 14.4. The zero-order valence-corrected chi connectivity index (χ0v) is 20.3. The molecule has 4 heterocycles. The van der Waals surface area contributed by atoms with E-state index in [1.54, 1.807) is 23.3 Å². The summed E-state index contributed by atoms with van der Waals surface area (Å²) < 4.78 is 23.9. The van der Waals surface area contributed by atoms with E-state index in [9.17, 15) is 9.18 Å². The van der Waals surface area contributed by atoms with E-state index < -0.39 is 6.04 Å². The third kappa shape index (κ3) is 4.10. The number of aryl methyl sites for hydroxylation is 1. The standard InChI is InChI=1S/C29H26FN5O2/c1-2-25-24-19-34(29(36)31-18-23-13-8-16-37-23)27(20-9-6-10-21(30)17-20)26-14-7-15-33(26)28(24)35(32-25)22-11-4-3-5-12-22/h3-17,27H,2,18-19H2,1H3,(H,31,36)/t27-/m1/s1. The van der Waals surface area contributed by atoms with Crippen molar-refractivity contribution in [3.8, 4) is 11.5 Å². The molecule has 0 radical (unpaired) electrons. The van der Waals surface area contributed by atoms with Crippen molar-refractivity contribution in [3.63, 3.8) is 0 Å². The molecule has 5 aromatic rings. The molecule has 37 heavy (non-hydrogen) atoms. The van der Waals surface area contributed by atoms with Crippen LogP contribution in [0.25, 0.3) is 11.5 Å². The number of carbonyl (C=O) groups excluding carboxylic acids is 1. The highest BCUT2D eigenvalue weighted by molar-refractivity contribution is 5.76. The van der Waals surface area contributed by atoms with E-state index in [1.165, 1.54) is 12.1 Å². The number of furan rings is 1. The molecule has 0 unspecified atom stereocenters. The Morgan fingerprint density at radius 2 is 1.95 bits per heavy atom. The zero-order chi connectivity index (χ0) is 25.4. The van der Waals surface area contributed by atoms with E-state index in [-0.39, 0.29) is 18.4 Å². The minimum absolute atomic E-state index is 0.246. The summed E-state index contributed by atoms with van der Waals surface area (Å²) in [5.74, 6) is 1.18. The lowest BCUT2D eigenvalue weighted by atomic mass is 10.0. The molecule has 6 rings (SSSR count). The molecule has 0 fully saturated rings. The number of urea groups is 1. The number of fused-ring (bicyclic) bond motifs is 3. The molecule has 0 bridgehead atoms. The number of para-hydroxylation sites is 1. The summed E-state index contributed by atoms with van der Waals surface area (Å²) >= 11 is 0. The Bertz CT molecular complexity index is 1540. The summed E-state index contributed by atoms with van der Waals surface area (Å²) in [5, 5.41) is 7.95. The molecule has 1 aliphatic heterocycles. The van der Waals surface area contributed by atoms with Gasteiger partial charge in [0.25, 0.3) is 0 Å². The van der Waals surface area contributed by atoms with Crippen LogP contribution in [0.1, 0.15) is 41.2 Å². The molecule has 2 amide bonds. The molecule has 186 valence electrons. The van der Waals surface area contributed by atoms with Gasteiger partial charge in [-0.25, -0.2) is 13.9 Å². The highest BCUT2D eigenvalue weighted by atomic mass is 19.1. The number of nitrogens with zero attached hydrogens (tertiary/aromatic N) is 4. The van der Waals surface area contributed by atoms with Crippen LogP contribution in [0.4, 0.5) is 9.18 Å². The number of aromatic nitrogens is 3. The number of amides is 2. The van der Waals surface area contributed by atoms with Crippen LogP contribution < -0.4 is 5.32 Å². The second-order valence-electron chi connectivity index (χ2n) is 8.98. The van der Waals surface area contributed by atoms with E-state index in [2.05, 4.69) is 16.8 Å². The Hall–Kier alpha value is -4.59. The van der Waals surface area contributed by atoms with Crippen molar-refractivity contribution in [1.29, 1.82) is 0 Å². The van der Waals surface area contributed by atoms with Gasteiger partial charge in [0.15, 0.2) is 0 Å². The molecule has 2 aromatic carbocycles. The summed E-state index contributed by atoms with van der Waals surface area (Å²) in [7, 11) is 0. The van der Waals surface area contributed by atoms with Crippen LogP contribution in [0.2, 0.25) is 0 Å². The van der Waals surface area contributed by atoms with Crippen LogP contribution in [0.15, 0.2) is 95.7 Å². The average molecular weight is 496 g/mol. The molecule has 0 saturated heterocycles. The van der Waals surface area contributed by atoms with E-state index >= 15 is 0 Å². The maximum absolute atomic E-state index is 14.4. The Balaban J connectivity index is 1.53.